The van der Waals surface area contributed by atoms with Gasteiger partial charge in [0.25, 0.3) is 0 Å². The number of benzene rings is 1. The lowest BCUT2D eigenvalue weighted by atomic mass is 9.53. The van der Waals surface area contributed by atoms with Gasteiger partial charge >= 0.3 is 0 Å². The molecule has 0 aromatic heterocycles. The smallest absolute Gasteiger partial charge is 0.189 e. The first kappa shape index (κ1) is 21.4. The van der Waals surface area contributed by atoms with Gasteiger partial charge in [0.2, 0.25) is 0 Å². The van der Waals surface area contributed by atoms with E-state index < -0.39 is 17.3 Å². The maximum atomic E-state index is 10.1. The molecule has 2 aliphatic rings. The van der Waals surface area contributed by atoms with Crippen LogP contribution < -0.4 is 9.47 Å². The summed E-state index contributed by atoms with van der Waals surface area (Å²) in [5, 5.41) is 38.6. The van der Waals surface area contributed by atoms with Crippen LogP contribution in [0.25, 0.3) is 0 Å². The molecule has 1 saturated carbocycles. The Kier molecular flexibility index (Phi) is 6.43. The molecule has 1 fully saturated rings. The Balaban J connectivity index is 2.17. The van der Waals surface area contributed by atoms with Crippen LogP contribution in [0.15, 0.2) is 29.8 Å². The number of fused-ring (bicyclic) bond motifs is 1. The second-order valence-electron chi connectivity index (χ2n) is 7.71. The summed E-state index contributed by atoms with van der Waals surface area (Å²) >= 11 is 0. The van der Waals surface area contributed by atoms with Crippen LogP contribution in [0.3, 0.4) is 0 Å². The minimum atomic E-state index is -1.69. The Bertz CT molecular complexity index is 962. The highest BCUT2D eigenvalue weighted by Crippen LogP contribution is 2.55. The van der Waals surface area contributed by atoms with Gasteiger partial charge < -0.3 is 14.9 Å². The van der Waals surface area contributed by atoms with Crippen LogP contribution in [-0.2, 0) is 0 Å². The summed E-state index contributed by atoms with van der Waals surface area (Å²) < 4.78 is 11.6. The maximum absolute atomic E-state index is 10.1. The van der Waals surface area contributed by atoms with Gasteiger partial charge in [-0.1, -0.05) is 19.1 Å². The number of hydrogen-bond acceptors (Lipinski definition) is 6. The van der Waals surface area contributed by atoms with Gasteiger partial charge in [-0.25, -0.2) is 0 Å². The molecule has 1 N–H and O–H groups in total. The molecule has 154 valence electrons. The third kappa shape index (κ3) is 3.42. The van der Waals surface area contributed by atoms with E-state index in [0.29, 0.717) is 24.7 Å². The fourth-order valence-electron chi connectivity index (χ4n) is 4.70. The summed E-state index contributed by atoms with van der Waals surface area (Å²) in [5.41, 5.74) is -0.156. The second kappa shape index (κ2) is 9.02. The lowest BCUT2D eigenvalue weighted by Crippen LogP contribution is -2.48. The summed E-state index contributed by atoms with van der Waals surface area (Å²) in [7, 11) is 0. The van der Waals surface area contributed by atoms with Crippen molar-refractivity contribution in [2.24, 2.45) is 17.3 Å². The van der Waals surface area contributed by atoms with Crippen molar-refractivity contribution in [3.63, 3.8) is 0 Å². The standard InChI is InChI=1S/C24H26N4O2/c1-3-11-30-20-10-9-16(12-21(20)29-4-2)22-18-8-6-5-7-17(18)19(13-25)23(28)24(22,14-26)15-27/h7,9-10,12,18-19,22,28H,3-6,8,11H2,1-2H3/t18-,19+,22-/m1/s1. The summed E-state index contributed by atoms with van der Waals surface area (Å²) in [4.78, 5) is 0. The Labute approximate surface area is 177 Å². The highest BCUT2D eigenvalue weighted by Gasteiger charge is 2.57. The van der Waals surface area contributed by atoms with Crippen molar-refractivity contribution < 1.29 is 9.47 Å². The fraction of sp³-hybridized carbons (Fsp3) is 0.500. The predicted molar refractivity (Wildman–Crippen MR) is 112 cm³/mol. The normalized spacial score (nSPS) is 24.4. The Morgan fingerprint density at radius 1 is 1.13 bits per heavy atom. The predicted octanol–water partition coefficient (Wildman–Crippen LogP) is 4.89. The number of ether oxygens (including phenoxy) is 2. The molecular formula is C24H26N4O2. The van der Waals surface area contributed by atoms with Crippen LogP contribution in [0.5, 0.6) is 11.5 Å². The zero-order chi connectivity index (χ0) is 21.7. The Morgan fingerprint density at radius 3 is 2.53 bits per heavy atom. The van der Waals surface area contributed by atoms with E-state index in [9.17, 15) is 15.8 Å². The van der Waals surface area contributed by atoms with Crippen molar-refractivity contribution in [2.45, 2.75) is 45.4 Å². The van der Waals surface area contributed by atoms with E-state index in [0.717, 1.165) is 36.8 Å². The molecule has 2 aliphatic carbocycles. The summed E-state index contributed by atoms with van der Waals surface area (Å²) in [6.07, 6.45) is 5.46. The van der Waals surface area contributed by atoms with Crippen molar-refractivity contribution in [3.8, 4) is 29.7 Å². The Morgan fingerprint density at radius 2 is 1.90 bits per heavy atom. The molecular weight excluding hydrogens is 376 g/mol. The van der Waals surface area contributed by atoms with E-state index >= 15 is 0 Å². The van der Waals surface area contributed by atoms with E-state index in [-0.39, 0.29) is 11.6 Å². The number of rotatable bonds is 6. The third-order valence-electron chi connectivity index (χ3n) is 6.01. The largest absolute Gasteiger partial charge is 0.490 e. The summed E-state index contributed by atoms with van der Waals surface area (Å²) in [6.45, 7) is 4.94. The average molecular weight is 402 g/mol. The molecule has 1 aromatic rings. The highest BCUT2D eigenvalue weighted by molar-refractivity contribution is 6.00. The van der Waals surface area contributed by atoms with Crippen LogP contribution in [0.4, 0.5) is 0 Å². The molecule has 0 radical (unpaired) electrons. The SMILES string of the molecule is CCCOc1ccc([C@@H]2[C@@H]3CCCC=C3[C@H](C#N)C(=N)C2(C#N)C#N)cc1OCC. The molecule has 0 amide bonds. The minimum absolute atomic E-state index is 0.117. The molecule has 0 bridgehead atoms. The first-order valence-electron chi connectivity index (χ1n) is 10.5. The maximum Gasteiger partial charge on any atom is 0.189 e. The topological polar surface area (TPSA) is 114 Å². The summed E-state index contributed by atoms with van der Waals surface area (Å²) in [6, 6.07) is 12.0. The third-order valence-corrected chi connectivity index (χ3v) is 6.01. The first-order valence-corrected chi connectivity index (χ1v) is 10.5. The summed E-state index contributed by atoms with van der Waals surface area (Å²) in [5.74, 6) is -0.278. The van der Waals surface area contributed by atoms with Crippen LogP contribution in [0, 0.1) is 56.7 Å². The minimum Gasteiger partial charge on any atom is -0.490 e. The van der Waals surface area contributed by atoms with Gasteiger partial charge in [-0.15, -0.1) is 0 Å². The van der Waals surface area contributed by atoms with Gasteiger partial charge in [0, 0.05) is 5.92 Å². The van der Waals surface area contributed by atoms with Crippen LogP contribution >= 0.6 is 0 Å². The van der Waals surface area contributed by atoms with E-state index in [1.54, 1.807) is 0 Å². The van der Waals surface area contributed by atoms with E-state index in [2.05, 4.69) is 18.2 Å². The van der Waals surface area contributed by atoms with Crippen LogP contribution in [0.2, 0.25) is 0 Å². The molecule has 0 spiro atoms. The number of hydrogen-bond donors (Lipinski definition) is 1. The fourth-order valence-corrected chi connectivity index (χ4v) is 4.70. The highest BCUT2D eigenvalue weighted by atomic mass is 16.5. The van der Waals surface area contributed by atoms with Crippen LogP contribution in [-0.4, -0.2) is 18.9 Å². The average Bonchev–Trinajstić information content (AvgIpc) is 2.78. The van der Waals surface area contributed by atoms with Gasteiger partial charge in [0.15, 0.2) is 16.9 Å². The molecule has 0 heterocycles. The molecule has 3 atom stereocenters. The van der Waals surface area contributed by atoms with Crippen molar-refractivity contribution in [1.82, 2.24) is 0 Å². The molecule has 0 saturated heterocycles. The molecule has 6 heteroatoms. The van der Waals surface area contributed by atoms with Gasteiger partial charge in [0.1, 0.15) is 5.92 Å². The molecule has 30 heavy (non-hydrogen) atoms. The van der Waals surface area contributed by atoms with E-state index in [1.807, 2.05) is 38.1 Å². The number of nitrogens with zero attached hydrogens (tertiary/aromatic N) is 3. The quantitative estimate of drug-likeness (QED) is 0.680. The number of nitriles is 3. The van der Waals surface area contributed by atoms with Crippen molar-refractivity contribution in [2.75, 3.05) is 13.2 Å². The van der Waals surface area contributed by atoms with Gasteiger partial charge in [0.05, 0.1) is 37.1 Å². The van der Waals surface area contributed by atoms with Gasteiger partial charge in [-0.05, 0) is 61.8 Å². The monoisotopic (exact) mass is 402 g/mol. The van der Waals surface area contributed by atoms with E-state index in [4.69, 9.17) is 14.9 Å². The second-order valence-corrected chi connectivity index (χ2v) is 7.71. The molecule has 0 unspecified atom stereocenters. The molecule has 0 aliphatic heterocycles. The van der Waals surface area contributed by atoms with Gasteiger partial charge in [-0.2, -0.15) is 15.8 Å². The van der Waals surface area contributed by atoms with Crippen LogP contribution in [0.1, 0.15) is 51.0 Å². The van der Waals surface area contributed by atoms with Crippen molar-refractivity contribution in [1.29, 1.82) is 21.2 Å². The number of allylic oxidation sites excluding steroid dienone is 2. The Hall–Kier alpha value is -3.30. The van der Waals surface area contributed by atoms with Gasteiger partial charge in [-0.3, -0.25) is 0 Å². The lowest BCUT2D eigenvalue weighted by Gasteiger charge is -2.45. The molecule has 1 aromatic carbocycles. The molecule has 3 rings (SSSR count). The van der Waals surface area contributed by atoms with Crippen molar-refractivity contribution >= 4 is 5.71 Å². The first-order chi connectivity index (χ1) is 14.6. The van der Waals surface area contributed by atoms with E-state index in [1.165, 1.54) is 0 Å². The van der Waals surface area contributed by atoms with Crippen molar-refractivity contribution in [3.05, 3.63) is 35.4 Å². The molecule has 6 nitrogen and oxygen atoms in total. The zero-order valence-corrected chi connectivity index (χ0v) is 17.4. The zero-order valence-electron chi connectivity index (χ0n) is 17.4. The number of nitrogens with one attached hydrogen (secondary N) is 1. The lowest BCUT2D eigenvalue weighted by molar-refractivity contribution is 0.274.